The van der Waals surface area contributed by atoms with Gasteiger partial charge in [0.05, 0.1) is 19.7 Å². The van der Waals surface area contributed by atoms with Crippen molar-refractivity contribution in [2.24, 2.45) is 0 Å². The second-order valence-corrected chi connectivity index (χ2v) is 4.09. The van der Waals surface area contributed by atoms with Gasteiger partial charge in [-0.2, -0.15) is 13.2 Å². The van der Waals surface area contributed by atoms with E-state index in [9.17, 15) is 18.0 Å². The maximum Gasteiger partial charge on any atom is 0.432 e. The number of imidazole rings is 1. The van der Waals surface area contributed by atoms with E-state index in [1.807, 2.05) is 0 Å². The fraction of sp³-hybridized carbons (Fsp3) is 0.231. The molecule has 7 heteroatoms. The normalized spacial score (nSPS) is 11.4. The van der Waals surface area contributed by atoms with Crippen molar-refractivity contribution in [3.05, 3.63) is 41.7 Å². The number of ether oxygens (including phenoxy) is 1. The standard InChI is InChI=1S/C13H11F3N2O2/c1-20-11(19)6-8-2-4-9(5-3-8)12-17-7-10(18-12)13(14,15)16/h2-5,7H,6H2,1H3,(H,17,18). The van der Waals surface area contributed by atoms with Crippen LogP contribution in [0.15, 0.2) is 30.5 Å². The van der Waals surface area contributed by atoms with Gasteiger partial charge in [-0.1, -0.05) is 24.3 Å². The number of H-pyrrole nitrogens is 1. The average Bonchev–Trinajstić information content (AvgIpc) is 2.89. The van der Waals surface area contributed by atoms with E-state index in [2.05, 4.69) is 14.7 Å². The van der Waals surface area contributed by atoms with E-state index in [4.69, 9.17) is 0 Å². The highest BCUT2D eigenvalue weighted by Gasteiger charge is 2.33. The number of rotatable bonds is 3. The number of nitrogens with zero attached hydrogens (tertiary/aromatic N) is 1. The van der Waals surface area contributed by atoms with Crippen LogP contribution in [0.5, 0.6) is 0 Å². The molecule has 2 rings (SSSR count). The number of carbonyl (C=O) groups excluding carboxylic acids is 1. The molecule has 0 aliphatic carbocycles. The molecule has 0 saturated carbocycles. The molecule has 20 heavy (non-hydrogen) atoms. The summed E-state index contributed by atoms with van der Waals surface area (Å²) in [4.78, 5) is 17.0. The minimum atomic E-state index is -4.45. The van der Waals surface area contributed by atoms with Gasteiger partial charge in [0.2, 0.25) is 0 Å². The van der Waals surface area contributed by atoms with Crippen molar-refractivity contribution in [1.82, 2.24) is 9.97 Å². The maximum atomic E-state index is 12.4. The first-order valence-corrected chi connectivity index (χ1v) is 5.68. The van der Waals surface area contributed by atoms with Gasteiger partial charge < -0.3 is 9.72 Å². The molecule has 0 bridgehead atoms. The van der Waals surface area contributed by atoms with E-state index in [0.717, 1.165) is 6.20 Å². The molecular formula is C13H11F3N2O2. The van der Waals surface area contributed by atoms with Crippen LogP contribution in [0.25, 0.3) is 11.4 Å². The molecule has 1 aromatic carbocycles. The smallest absolute Gasteiger partial charge is 0.432 e. The highest BCUT2D eigenvalue weighted by Crippen LogP contribution is 2.29. The number of carbonyl (C=O) groups is 1. The molecule has 2 aromatic rings. The number of methoxy groups -OCH3 is 1. The van der Waals surface area contributed by atoms with Gasteiger partial charge in [-0.05, 0) is 5.56 Å². The average molecular weight is 284 g/mol. The third kappa shape index (κ3) is 3.17. The topological polar surface area (TPSA) is 55.0 Å². The number of benzene rings is 1. The molecule has 0 saturated heterocycles. The lowest BCUT2D eigenvalue weighted by atomic mass is 10.1. The molecule has 1 heterocycles. The van der Waals surface area contributed by atoms with Crippen LogP contribution in [0.1, 0.15) is 11.3 Å². The summed E-state index contributed by atoms with van der Waals surface area (Å²) in [6, 6.07) is 6.47. The summed E-state index contributed by atoms with van der Waals surface area (Å²) in [5.41, 5.74) is 0.323. The van der Waals surface area contributed by atoms with Gasteiger partial charge in [0.15, 0.2) is 0 Å². The van der Waals surface area contributed by atoms with Crippen molar-refractivity contribution in [3.63, 3.8) is 0 Å². The Hall–Kier alpha value is -2.31. The van der Waals surface area contributed by atoms with Gasteiger partial charge in [0.25, 0.3) is 0 Å². The summed E-state index contributed by atoms with van der Waals surface area (Å²) in [6.07, 6.45) is -3.59. The maximum absolute atomic E-state index is 12.4. The zero-order valence-electron chi connectivity index (χ0n) is 10.5. The summed E-state index contributed by atoms with van der Waals surface area (Å²) in [7, 11) is 1.29. The van der Waals surface area contributed by atoms with Gasteiger partial charge in [-0.15, -0.1) is 0 Å². The monoisotopic (exact) mass is 284 g/mol. The zero-order valence-corrected chi connectivity index (χ0v) is 10.5. The highest BCUT2D eigenvalue weighted by molar-refractivity contribution is 5.72. The molecule has 0 radical (unpaired) electrons. The van der Waals surface area contributed by atoms with E-state index in [-0.39, 0.29) is 18.2 Å². The van der Waals surface area contributed by atoms with Crippen LogP contribution < -0.4 is 0 Å². The van der Waals surface area contributed by atoms with Crippen LogP contribution >= 0.6 is 0 Å². The molecule has 0 amide bonds. The SMILES string of the molecule is COC(=O)Cc1ccc(-c2ncc(C(F)(F)F)[nH]2)cc1. The van der Waals surface area contributed by atoms with Crippen LogP contribution in [0.2, 0.25) is 0 Å². The number of aromatic amines is 1. The van der Waals surface area contributed by atoms with Gasteiger partial charge in [-0.25, -0.2) is 4.98 Å². The largest absolute Gasteiger partial charge is 0.469 e. The van der Waals surface area contributed by atoms with Gasteiger partial charge in [0, 0.05) is 5.56 Å². The number of hydrogen-bond acceptors (Lipinski definition) is 3. The third-order valence-corrected chi connectivity index (χ3v) is 2.68. The first kappa shape index (κ1) is 14.1. The van der Waals surface area contributed by atoms with Crippen LogP contribution in [0, 0.1) is 0 Å². The Morgan fingerprint density at radius 1 is 1.30 bits per heavy atom. The Morgan fingerprint density at radius 3 is 2.45 bits per heavy atom. The molecule has 0 unspecified atom stereocenters. The van der Waals surface area contributed by atoms with E-state index < -0.39 is 11.9 Å². The lowest BCUT2D eigenvalue weighted by Crippen LogP contribution is -2.05. The summed E-state index contributed by atoms with van der Waals surface area (Å²) >= 11 is 0. The van der Waals surface area contributed by atoms with E-state index in [1.54, 1.807) is 24.3 Å². The molecule has 0 fully saturated rings. The third-order valence-electron chi connectivity index (χ3n) is 2.68. The first-order valence-electron chi connectivity index (χ1n) is 5.68. The molecule has 0 aliphatic heterocycles. The van der Waals surface area contributed by atoms with Gasteiger partial charge >= 0.3 is 12.1 Å². The molecule has 0 aliphatic rings. The van der Waals surface area contributed by atoms with E-state index in [1.165, 1.54) is 7.11 Å². The van der Waals surface area contributed by atoms with Crippen molar-refractivity contribution in [2.75, 3.05) is 7.11 Å². The number of alkyl halides is 3. The zero-order chi connectivity index (χ0) is 14.8. The number of halogens is 3. The summed E-state index contributed by atoms with van der Waals surface area (Å²) in [5.74, 6) is -0.253. The minimum Gasteiger partial charge on any atom is -0.469 e. The molecule has 1 N–H and O–H groups in total. The number of esters is 1. The lowest BCUT2D eigenvalue weighted by Gasteiger charge is -2.03. The Labute approximate surface area is 112 Å². The predicted octanol–water partition coefficient (Wildman–Crippen LogP) is 2.81. The Bertz CT molecular complexity index is 603. The Balaban J connectivity index is 2.18. The second kappa shape index (κ2) is 5.36. The molecule has 1 aromatic heterocycles. The quantitative estimate of drug-likeness (QED) is 0.882. The van der Waals surface area contributed by atoms with Crippen molar-refractivity contribution >= 4 is 5.97 Å². The van der Waals surface area contributed by atoms with Crippen LogP contribution in [-0.4, -0.2) is 23.0 Å². The van der Waals surface area contributed by atoms with E-state index >= 15 is 0 Å². The molecule has 0 spiro atoms. The summed E-state index contributed by atoms with van der Waals surface area (Å²) < 4.78 is 41.8. The van der Waals surface area contributed by atoms with Crippen molar-refractivity contribution in [2.45, 2.75) is 12.6 Å². The van der Waals surface area contributed by atoms with Gasteiger partial charge in [-0.3, -0.25) is 4.79 Å². The first-order chi connectivity index (χ1) is 9.40. The molecular weight excluding hydrogens is 273 g/mol. The number of aromatic nitrogens is 2. The van der Waals surface area contributed by atoms with Crippen molar-refractivity contribution in [3.8, 4) is 11.4 Å². The minimum absolute atomic E-state index is 0.114. The van der Waals surface area contributed by atoms with Crippen LogP contribution in [-0.2, 0) is 22.1 Å². The fourth-order valence-electron chi connectivity index (χ4n) is 1.63. The van der Waals surface area contributed by atoms with Gasteiger partial charge in [0.1, 0.15) is 11.5 Å². The van der Waals surface area contributed by atoms with Crippen LogP contribution in [0.4, 0.5) is 13.2 Å². The number of nitrogens with one attached hydrogen (secondary N) is 1. The lowest BCUT2D eigenvalue weighted by molar-refractivity contribution is -0.141. The van der Waals surface area contributed by atoms with Crippen molar-refractivity contribution in [1.29, 1.82) is 0 Å². The molecule has 0 atom stereocenters. The van der Waals surface area contributed by atoms with Crippen molar-refractivity contribution < 1.29 is 22.7 Å². The fourth-order valence-corrected chi connectivity index (χ4v) is 1.63. The van der Waals surface area contributed by atoms with Crippen LogP contribution in [0.3, 0.4) is 0 Å². The Kier molecular flexibility index (Phi) is 3.78. The predicted molar refractivity (Wildman–Crippen MR) is 64.7 cm³/mol. The Morgan fingerprint density at radius 2 is 1.95 bits per heavy atom. The number of hydrogen-bond donors (Lipinski definition) is 1. The highest BCUT2D eigenvalue weighted by atomic mass is 19.4. The molecule has 4 nitrogen and oxygen atoms in total. The second-order valence-electron chi connectivity index (χ2n) is 4.09. The molecule has 106 valence electrons. The summed E-state index contributed by atoms with van der Waals surface area (Å²) in [6.45, 7) is 0. The summed E-state index contributed by atoms with van der Waals surface area (Å²) in [5, 5.41) is 0. The van der Waals surface area contributed by atoms with E-state index in [0.29, 0.717) is 11.1 Å².